The first-order chi connectivity index (χ1) is 8.04. The Kier molecular flexibility index (Phi) is 5.49. The van der Waals surface area contributed by atoms with Crippen LogP contribution in [-0.2, 0) is 5.41 Å². The Morgan fingerprint density at radius 1 is 1.00 bits per heavy atom. The minimum atomic E-state index is 0.208. The second-order valence-electron chi connectivity index (χ2n) is 5.47. The molecule has 0 aromatic heterocycles. The topological polar surface area (TPSA) is 35.2 Å². The number of hydrogen-bond acceptors (Lipinski definition) is 2. The third-order valence-electron chi connectivity index (χ3n) is 2.84. The monoisotopic (exact) mass is 235 g/mol. The predicted molar refractivity (Wildman–Crippen MR) is 73.5 cm³/mol. The molecule has 0 aliphatic heterocycles. The third-order valence-corrected chi connectivity index (χ3v) is 2.84. The van der Waals surface area contributed by atoms with Crippen LogP contribution in [0, 0.1) is 0 Å². The van der Waals surface area contributed by atoms with Crippen molar-refractivity contribution >= 4 is 0 Å². The van der Waals surface area contributed by atoms with E-state index in [0.717, 1.165) is 38.2 Å². The van der Waals surface area contributed by atoms with Crippen molar-refractivity contribution in [3.05, 3.63) is 29.8 Å². The van der Waals surface area contributed by atoms with E-state index in [1.165, 1.54) is 5.56 Å². The molecule has 0 aliphatic carbocycles. The minimum absolute atomic E-state index is 0.208. The molecule has 0 heterocycles. The van der Waals surface area contributed by atoms with Crippen LogP contribution >= 0.6 is 0 Å². The fraction of sp³-hybridized carbons (Fsp3) is 0.600. The number of nitrogens with two attached hydrogens (primary N) is 1. The van der Waals surface area contributed by atoms with Gasteiger partial charge < -0.3 is 10.5 Å². The molecule has 0 atom stereocenters. The first kappa shape index (κ1) is 14.0. The Morgan fingerprint density at radius 3 is 2.18 bits per heavy atom. The summed E-state index contributed by atoms with van der Waals surface area (Å²) < 4.78 is 5.68. The SMILES string of the molecule is CC(C)(C)c1ccc(OCCCCCN)cc1. The standard InChI is InChI=1S/C15H25NO/c1-15(2,3)13-7-9-14(10-8-13)17-12-6-4-5-11-16/h7-10H,4-6,11-12,16H2,1-3H3. The summed E-state index contributed by atoms with van der Waals surface area (Å²) in [6.07, 6.45) is 3.32. The van der Waals surface area contributed by atoms with Crippen LogP contribution in [0.25, 0.3) is 0 Å². The van der Waals surface area contributed by atoms with Crippen molar-refractivity contribution < 1.29 is 4.74 Å². The van der Waals surface area contributed by atoms with Gasteiger partial charge in [0, 0.05) is 0 Å². The van der Waals surface area contributed by atoms with E-state index in [2.05, 4.69) is 45.0 Å². The van der Waals surface area contributed by atoms with Gasteiger partial charge in [-0.1, -0.05) is 32.9 Å². The van der Waals surface area contributed by atoms with E-state index < -0.39 is 0 Å². The largest absolute Gasteiger partial charge is 0.494 e. The van der Waals surface area contributed by atoms with Crippen molar-refractivity contribution in [2.45, 2.75) is 45.4 Å². The lowest BCUT2D eigenvalue weighted by molar-refractivity contribution is 0.305. The normalized spacial score (nSPS) is 11.5. The van der Waals surface area contributed by atoms with Gasteiger partial charge in [0.1, 0.15) is 5.75 Å². The lowest BCUT2D eigenvalue weighted by atomic mass is 9.87. The van der Waals surface area contributed by atoms with Crippen LogP contribution in [0.1, 0.15) is 45.6 Å². The van der Waals surface area contributed by atoms with Gasteiger partial charge in [-0.3, -0.25) is 0 Å². The van der Waals surface area contributed by atoms with Crippen molar-refractivity contribution in [1.29, 1.82) is 0 Å². The number of hydrogen-bond donors (Lipinski definition) is 1. The number of ether oxygens (including phenoxy) is 1. The van der Waals surface area contributed by atoms with E-state index in [4.69, 9.17) is 10.5 Å². The summed E-state index contributed by atoms with van der Waals surface area (Å²) in [6, 6.07) is 8.41. The second-order valence-corrected chi connectivity index (χ2v) is 5.47. The number of benzene rings is 1. The summed E-state index contributed by atoms with van der Waals surface area (Å²) in [7, 11) is 0. The Balaban J connectivity index is 2.36. The van der Waals surface area contributed by atoms with Crippen LogP contribution in [0.3, 0.4) is 0 Å². The second kappa shape index (κ2) is 6.65. The van der Waals surface area contributed by atoms with Crippen LogP contribution in [0.5, 0.6) is 5.75 Å². The zero-order valence-electron chi connectivity index (χ0n) is 11.3. The number of rotatable bonds is 6. The molecule has 0 amide bonds. The molecule has 2 nitrogen and oxygen atoms in total. The van der Waals surface area contributed by atoms with Gasteiger partial charge in [-0.25, -0.2) is 0 Å². The van der Waals surface area contributed by atoms with Gasteiger partial charge in [-0.15, -0.1) is 0 Å². The molecule has 0 aliphatic rings. The average Bonchev–Trinajstić information content (AvgIpc) is 2.28. The quantitative estimate of drug-likeness (QED) is 0.766. The van der Waals surface area contributed by atoms with E-state index in [0.29, 0.717) is 0 Å². The van der Waals surface area contributed by atoms with Crippen LogP contribution in [-0.4, -0.2) is 13.2 Å². The Labute approximate surface area is 105 Å². The van der Waals surface area contributed by atoms with E-state index in [1.54, 1.807) is 0 Å². The maximum absolute atomic E-state index is 5.68. The average molecular weight is 235 g/mol. The molecule has 0 unspecified atom stereocenters. The van der Waals surface area contributed by atoms with E-state index >= 15 is 0 Å². The van der Waals surface area contributed by atoms with Crippen LogP contribution in [0.2, 0.25) is 0 Å². The number of unbranched alkanes of at least 4 members (excludes halogenated alkanes) is 2. The van der Waals surface area contributed by atoms with Crippen LogP contribution in [0.4, 0.5) is 0 Å². The molecule has 0 fully saturated rings. The molecule has 0 saturated carbocycles. The molecule has 1 aromatic rings. The van der Waals surface area contributed by atoms with Crippen LogP contribution in [0.15, 0.2) is 24.3 Å². The molecule has 0 saturated heterocycles. The van der Waals surface area contributed by atoms with Gasteiger partial charge in [0.25, 0.3) is 0 Å². The maximum atomic E-state index is 5.68. The highest BCUT2D eigenvalue weighted by molar-refractivity contribution is 5.31. The first-order valence-corrected chi connectivity index (χ1v) is 6.47. The van der Waals surface area contributed by atoms with E-state index in [-0.39, 0.29) is 5.41 Å². The summed E-state index contributed by atoms with van der Waals surface area (Å²) in [4.78, 5) is 0. The smallest absolute Gasteiger partial charge is 0.119 e. The predicted octanol–water partition coefficient (Wildman–Crippen LogP) is 3.49. The van der Waals surface area contributed by atoms with Gasteiger partial charge in [0.05, 0.1) is 6.61 Å². The maximum Gasteiger partial charge on any atom is 0.119 e. The van der Waals surface area contributed by atoms with Crippen molar-refractivity contribution in [2.75, 3.05) is 13.2 Å². The molecule has 2 N–H and O–H groups in total. The fourth-order valence-electron chi connectivity index (χ4n) is 1.66. The summed E-state index contributed by atoms with van der Waals surface area (Å²) >= 11 is 0. The molecule has 2 heteroatoms. The van der Waals surface area contributed by atoms with Crippen LogP contribution < -0.4 is 10.5 Å². The van der Waals surface area contributed by atoms with Crippen molar-refractivity contribution in [1.82, 2.24) is 0 Å². The third kappa shape index (κ3) is 5.22. The first-order valence-electron chi connectivity index (χ1n) is 6.47. The minimum Gasteiger partial charge on any atom is -0.494 e. The molecule has 96 valence electrons. The highest BCUT2D eigenvalue weighted by Crippen LogP contribution is 2.24. The molecule has 0 bridgehead atoms. The van der Waals surface area contributed by atoms with Gasteiger partial charge in [-0.2, -0.15) is 0 Å². The highest BCUT2D eigenvalue weighted by Gasteiger charge is 2.12. The van der Waals surface area contributed by atoms with Gasteiger partial charge in [0.2, 0.25) is 0 Å². The summed E-state index contributed by atoms with van der Waals surface area (Å²) in [5, 5.41) is 0. The summed E-state index contributed by atoms with van der Waals surface area (Å²) in [6.45, 7) is 8.22. The summed E-state index contributed by atoms with van der Waals surface area (Å²) in [5.74, 6) is 0.964. The lowest BCUT2D eigenvalue weighted by Crippen LogP contribution is -2.10. The molecule has 17 heavy (non-hydrogen) atoms. The molecule has 1 aromatic carbocycles. The molecular weight excluding hydrogens is 210 g/mol. The fourth-order valence-corrected chi connectivity index (χ4v) is 1.66. The van der Waals surface area contributed by atoms with E-state index in [1.807, 2.05) is 0 Å². The lowest BCUT2D eigenvalue weighted by Gasteiger charge is -2.19. The molecule has 0 radical (unpaired) electrons. The van der Waals surface area contributed by atoms with E-state index in [9.17, 15) is 0 Å². The van der Waals surface area contributed by atoms with Crippen molar-refractivity contribution in [3.63, 3.8) is 0 Å². The molecule has 0 spiro atoms. The Bertz CT molecular complexity index is 311. The van der Waals surface area contributed by atoms with Gasteiger partial charge >= 0.3 is 0 Å². The zero-order valence-corrected chi connectivity index (χ0v) is 11.3. The van der Waals surface area contributed by atoms with Gasteiger partial charge in [-0.05, 0) is 48.9 Å². The Morgan fingerprint density at radius 2 is 1.65 bits per heavy atom. The van der Waals surface area contributed by atoms with Crippen molar-refractivity contribution in [2.24, 2.45) is 5.73 Å². The van der Waals surface area contributed by atoms with Crippen molar-refractivity contribution in [3.8, 4) is 5.75 Å². The zero-order chi connectivity index (χ0) is 12.7. The molecule has 1 rings (SSSR count). The Hall–Kier alpha value is -1.02. The van der Waals surface area contributed by atoms with Gasteiger partial charge in [0.15, 0.2) is 0 Å². The summed E-state index contributed by atoms with van der Waals surface area (Å²) in [5.41, 5.74) is 6.99. The molecular formula is C15H25NO. The highest BCUT2D eigenvalue weighted by atomic mass is 16.5.